The summed E-state index contributed by atoms with van der Waals surface area (Å²) in [6.45, 7) is 5.32. The van der Waals surface area contributed by atoms with Crippen molar-refractivity contribution in [2.45, 2.75) is 32.4 Å². The average molecular weight is 552 g/mol. The first-order valence-electron chi connectivity index (χ1n) is 10.4. The quantitative estimate of drug-likeness (QED) is 0.268. The standard InChI is InChI=1S/C22H29N7S.HI/c1-17-26-27-21(28(17)2)15-24-22(23-12-10-20-9-6-14-30-20)25-18-11-13-29(16-18)19-7-4-3-5-8-19;/h3-9,14,18H,10-13,15-16H2,1-2H3,(H2,23,24,25);1H. The van der Waals surface area contributed by atoms with Gasteiger partial charge in [-0.3, -0.25) is 0 Å². The van der Waals surface area contributed by atoms with Crippen molar-refractivity contribution in [3.63, 3.8) is 0 Å². The molecule has 0 amide bonds. The maximum atomic E-state index is 4.80. The molecule has 0 bridgehead atoms. The average Bonchev–Trinajstić information content (AvgIpc) is 3.51. The molecule has 1 unspecified atom stereocenters. The molecule has 31 heavy (non-hydrogen) atoms. The van der Waals surface area contributed by atoms with Gasteiger partial charge in [-0.05, 0) is 43.3 Å². The van der Waals surface area contributed by atoms with Gasteiger partial charge in [0.2, 0.25) is 0 Å². The Hall–Kier alpha value is -2.14. The van der Waals surface area contributed by atoms with Crippen LogP contribution in [-0.4, -0.2) is 46.4 Å². The van der Waals surface area contributed by atoms with Crippen LogP contribution < -0.4 is 15.5 Å². The van der Waals surface area contributed by atoms with Crippen LogP contribution in [0, 0.1) is 6.92 Å². The molecule has 3 aromatic rings. The molecule has 0 spiro atoms. The molecule has 0 radical (unpaired) electrons. The molecule has 1 aromatic carbocycles. The third-order valence-electron chi connectivity index (χ3n) is 5.46. The van der Waals surface area contributed by atoms with Crippen molar-refractivity contribution in [3.05, 3.63) is 64.4 Å². The summed E-state index contributed by atoms with van der Waals surface area (Å²) >= 11 is 1.79. The van der Waals surface area contributed by atoms with E-state index in [4.69, 9.17) is 4.99 Å². The molecule has 7 nitrogen and oxygen atoms in total. The van der Waals surface area contributed by atoms with Crippen LogP contribution in [-0.2, 0) is 20.0 Å². The predicted octanol–water partition coefficient (Wildman–Crippen LogP) is 3.36. The fourth-order valence-corrected chi connectivity index (χ4v) is 4.30. The van der Waals surface area contributed by atoms with E-state index in [1.807, 2.05) is 18.5 Å². The zero-order chi connectivity index (χ0) is 20.8. The highest BCUT2D eigenvalue weighted by Crippen LogP contribution is 2.19. The molecular formula is C22H30IN7S. The predicted molar refractivity (Wildman–Crippen MR) is 139 cm³/mol. The normalized spacial score (nSPS) is 16.3. The fraction of sp³-hybridized carbons (Fsp3) is 0.409. The summed E-state index contributed by atoms with van der Waals surface area (Å²) in [5.74, 6) is 2.60. The van der Waals surface area contributed by atoms with Crippen LogP contribution in [0.3, 0.4) is 0 Å². The van der Waals surface area contributed by atoms with E-state index in [9.17, 15) is 0 Å². The van der Waals surface area contributed by atoms with Crippen LogP contribution in [0.15, 0.2) is 52.8 Å². The Morgan fingerprint density at radius 1 is 1.19 bits per heavy atom. The Balaban J connectivity index is 0.00000272. The fourth-order valence-electron chi connectivity index (χ4n) is 3.59. The second-order valence-electron chi connectivity index (χ2n) is 7.55. The summed E-state index contributed by atoms with van der Waals surface area (Å²) in [7, 11) is 1.98. The first kappa shape index (κ1) is 23.5. The second kappa shape index (κ2) is 11.5. The van der Waals surface area contributed by atoms with Gasteiger partial charge >= 0.3 is 0 Å². The Bertz CT molecular complexity index is 956. The van der Waals surface area contributed by atoms with Gasteiger partial charge in [-0.1, -0.05) is 24.3 Å². The molecule has 1 saturated heterocycles. The summed E-state index contributed by atoms with van der Waals surface area (Å²) in [5, 5.41) is 17.6. The lowest BCUT2D eigenvalue weighted by Crippen LogP contribution is -2.45. The highest BCUT2D eigenvalue weighted by Gasteiger charge is 2.23. The Morgan fingerprint density at radius 3 is 2.74 bits per heavy atom. The molecule has 166 valence electrons. The minimum Gasteiger partial charge on any atom is -0.369 e. The number of para-hydroxylation sites is 1. The molecule has 1 aliphatic heterocycles. The van der Waals surface area contributed by atoms with E-state index < -0.39 is 0 Å². The van der Waals surface area contributed by atoms with E-state index in [1.165, 1.54) is 10.6 Å². The Labute approximate surface area is 205 Å². The molecule has 4 rings (SSSR count). The van der Waals surface area contributed by atoms with Crippen molar-refractivity contribution in [2.24, 2.45) is 12.0 Å². The van der Waals surface area contributed by atoms with Gasteiger partial charge < -0.3 is 20.1 Å². The van der Waals surface area contributed by atoms with Gasteiger partial charge in [0, 0.05) is 43.3 Å². The van der Waals surface area contributed by atoms with Gasteiger partial charge in [-0.15, -0.1) is 45.5 Å². The number of aliphatic imine (C=N–C) groups is 1. The summed E-state index contributed by atoms with van der Waals surface area (Å²) in [4.78, 5) is 8.60. The smallest absolute Gasteiger partial charge is 0.192 e. The lowest BCUT2D eigenvalue weighted by atomic mass is 10.2. The van der Waals surface area contributed by atoms with Crippen LogP contribution in [0.2, 0.25) is 0 Å². The third-order valence-corrected chi connectivity index (χ3v) is 6.39. The molecule has 2 N–H and O–H groups in total. The summed E-state index contributed by atoms with van der Waals surface area (Å²) in [6, 6.07) is 15.2. The number of hydrogen-bond donors (Lipinski definition) is 2. The van der Waals surface area contributed by atoms with Crippen LogP contribution in [0.1, 0.15) is 22.9 Å². The summed E-state index contributed by atoms with van der Waals surface area (Å²) < 4.78 is 1.99. The van der Waals surface area contributed by atoms with Gasteiger partial charge in [0.1, 0.15) is 12.4 Å². The number of benzene rings is 1. The monoisotopic (exact) mass is 551 g/mol. The number of nitrogens with one attached hydrogen (secondary N) is 2. The van der Waals surface area contributed by atoms with Crippen molar-refractivity contribution in [1.82, 2.24) is 25.4 Å². The first-order valence-corrected chi connectivity index (χ1v) is 11.3. The second-order valence-corrected chi connectivity index (χ2v) is 8.59. The summed E-state index contributed by atoms with van der Waals surface area (Å²) in [6.07, 6.45) is 2.08. The van der Waals surface area contributed by atoms with Gasteiger partial charge in [-0.2, -0.15) is 0 Å². The maximum Gasteiger partial charge on any atom is 0.192 e. The zero-order valence-corrected chi connectivity index (χ0v) is 21.1. The number of hydrogen-bond acceptors (Lipinski definition) is 5. The van der Waals surface area contributed by atoms with E-state index in [-0.39, 0.29) is 24.0 Å². The van der Waals surface area contributed by atoms with E-state index in [1.54, 1.807) is 11.3 Å². The molecule has 2 aromatic heterocycles. The zero-order valence-electron chi connectivity index (χ0n) is 18.0. The topological polar surface area (TPSA) is 70.4 Å². The lowest BCUT2D eigenvalue weighted by molar-refractivity contribution is 0.643. The van der Waals surface area contributed by atoms with E-state index in [2.05, 4.69) is 73.6 Å². The first-order chi connectivity index (χ1) is 14.7. The Morgan fingerprint density at radius 2 is 2.03 bits per heavy atom. The number of thiophene rings is 1. The molecule has 3 heterocycles. The number of rotatable bonds is 7. The van der Waals surface area contributed by atoms with Crippen LogP contribution in [0.25, 0.3) is 0 Å². The van der Waals surface area contributed by atoms with Gasteiger partial charge in [0.15, 0.2) is 11.8 Å². The van der Waals surface area contributed by atoms with E-state index in [0.29, 0.717) is 12.6 Å². The largest absolute Gasteiger partial charge is 0.369 e. The van der Waals surface area contributed by atoms with Gasteiger partial charge in [0.25, 0.3) is 0 Å². The number of halogens is 1. The highest BCUT2D eigenvalue weighted by molar-refractivity contribution is 14.0. The number of aryl methyl sites for hydroxylation is 1. The van der Waals surface area contributed by atoms with Crippen molar-refractivity contribution >= 4 is 47.0 Å². The van der Waals surface area contributed by atoms with E-state index >= 15 is 0 Å². The highest BCUT2D eigenvalue weighted by atomic mass is 127. The van der Waals surface area contributed by atoms with Crippen molar-refractivity contribution < 1.29 is 0 Å². The minimum absolute atomic E-state index is 0. The number of nitrogens with zero attached hydrogens (tertiary/aromatic N) is 5. The third kappa shape index (κ3) is 6.42. The number of aromatic nitrogens is 3. The molecular weight excluding hydrogens is 521 g/mol. The minimum atomic E-state index is 0. The lowest BCUT2D eigenvalue weighted by Gasteiger charge is -2.20. The van der Waals surface area contributed by atoms with E-state index in [0.717, 1.165) is 50.1 Å². The SMILES string of the molecule is Cc1nnc(CN=C(NCCc2cccs2)NC2CCN(c3ccccc3)C2)n1C.I. The summed E-state index contributed by atoms with van der Waals surface area (Å²) in [5.41, 5.74) is 1.28. The van der Waals surface area contributed by atoms with Crippen molar-refractivity contribution in [2.75, 3.05) is 24.5 Å². The van der Waals surface area contributed by atoms with Crippen LogP contribution in [0.5, 0.6) is 0 Å². The Kier molecular flexibility index (Phi) is 8.70. The molecule has 1 fully saturated rings. The van der Waals surface area contributed by atoms with Crippen LogP contribution in [0.4, 0.5) is 5.69 Å². The van der Waals surface area contributed by atoms with Crippen LogP contribution >= 0.6 is 35.3 Å². The maximum absolute atomic E-state index is 4.80. The molecule has 9 heteroatoms. The molecule has 0 saturated carbocycles. The number of guanidine groups is 1. The molecule has 1 atom stereocenters. The molecule has 1 aliphatic rings. The molecule has 0 aliphatic carbocycles. The van der Waals surface area contributed by atoms with Crippen molar-refractivity contribution in [3.8, 4) is 0 Å². The van der Waals surface area contributed by atoms with Gasteiger partial charge in [-0.25, -0.2) is 4.99 Å². The number of anilines is 1. The van der Waals surface area contributed by atoms with Gasteiger partial charge in [0.05, 0.1) is 0 Å². The van der Waals surface area contributed by atoms with Crippen molar-refractivity contribution in [1.29, 1.82) is 0 Å².